The van der Waals surface area contributed by atoms with Crippen molar-refractivity contribution >= 4 is 52.2 Å². The van der Waals surface area contributed by atoms with Crippen molar-refractivity contribution in [2.75, 3.05) is 29.6 Å². The number of hydrogen-bond acceptors (Lipinski definition) is 4. The summed E-state index contributed by atoms with van der Waals surface area (Å²) in [6.45, 7) is 0.903. The number of nitrogens with two attached hydrogens (primary N) is 1. The summed E-state index contributed by atoms with van der Waals surface area (Å²) in [6.07, 6.45) is 0.324. The molecule has 0 saturated carbocycles. The van der Waals surface area contributed by atoms with Crippen LogP contribution >= 0.6 is 23.2 Å². The molecule has 3 aromatic rings. The predicted molar refractivity (Wildman–Crippen MR) is 142 cm³/mol. The Hall–Kier alpha value is -3.26. The Morgan fingerprint density at radius 3 is 2.29 bits per heavy atom. The van der Waals surface area contributed by atoms with Crippen LogP contribution in [0.3, 0.4) is 0 Å². The van der Waals surface area contributed by atoms with E-state index in [-0.39, 0.29) is 11.9 Å². The fourth-order valence-electron chi connectivity index (χ4n) is 4.01. The van der Waals surface area contributed by atoms with Crippen molar-refractivity contribution in [3.05, 3.63) is 87.4 Å². The van der Waals surface area contributed by atoms with Crippen LogP contribution in [0.4, 0.5) is 21.9 Å². The molecular formula is C26H27Cl2N5O2. The Balaban J connectivity index is 1.34. The molecule has 0 aliphatic carbocycles. The highest BCUT2D eigenvalue weighted by molar-refractivity contribution is 6.35. The fraction of sp³-hybridized carbons (Fsp3) is 0.231. The Labute approximate surface area is 214 Å². The molecule has 182 valence electrons. The molecule has 1 heterocycles. The lowest BCUT2D eigenvalue weighted by atomic mass is 10.1. The smallest absolute Gasteiger partial charge is 0.323 e. The summed E-state index contributed by atoms with van der Waals surface area (Å²) in [5.41, 5.74) is 11.4. The molecule has 4 rings (SSSR count). The number of anilines is 3. The van der Waals surface area contributed by atoms with Crippen molar-refractivity contribution in [1.82, 2.24) is 4.90 Å². The minimum absolute atomic E-state index is 0.152. The zero-order chi connectivity index (χ0) is 25.1. The number of nitrogens with zero attached hydrogens (tertiary/aromatic N) is 2. The molecule has 0 radical (unpaired) electrons. The normalized spacial score (nSPS) is 13.2. The first kappa shape index (κ1) is 24.9. The van der Waals surface area contributed by atoms with Gasteiger partial charge in [-0.25, -0.2) is 4.79 Å². The van der Waals surface area contributed by atoms with E-state index in [0.29, 0.717) is 40.9 Å². The van der Waals surface area contributed by atoms with Crippen LogP contribution in [0.25, 0.3) is 0 Å². The summed E-state index contributed by atoms with van der Waals surface area (Å²) in [5.74, 6) is -0.152. The number of halogens is 2. The lowest BCUT2D eigenvalue weighted by Gasteiger charge is -2.20. The topological polar surface area (TPSA) is 90.7 Å². The van der Waals surface area contributed by atoms with Gasteiger partial charge in [0.2, 0.25) is 5.91 Å². The van der Waals surface area contributed by atoms with Crippen LogP contribution in [0.2, 0.25) is 10.0 Å². The summed E-state index contributed by atoms with van der Waals surface area (Å²) >= 11 is 12.2. The first-order valence-electron chi connectivity index (χ1n) is 11.1. The molecule has 35 heavy (non-hydrogen) atoms. The summed E-state index contributed by atoms with van der Waals surface area (Å²) in [5, 5.41) is 6.71. The van der Waals surface area contributed by atoms with Gasteiger partial charge in [-0.2, -0.15) is 0 Å². The first-order valence-corrected chi connectivity index (χ1v) is 11.9. The molecule has 0 saturated heterocycles. The van der Waals surface area contributed by atoms with Gasteiger partial charge in [-0.3, -0.25) is 4.79 Å². The Morgan fingerprint density at radius 1 is 0.943 bits per heavy atom. The van der Waals surface area contributed by atoms with Crippen LogP contribution in [-0.4, -0.2) is 37.0 Å². The molecule has 3 aromatic carbocycles. The van der Waals surface area contributed by atoms with E-state index in [0.717, 1.165) is 22.4 Å². The SMILES string of the molecule is CN(C)c1ccc(NC(=O)Nc2ccc3c(c2)CN(C(=O)C(N)Cc2ccc(Cl)cc2Cl)C3)cc1. The Bertz CT molecular complexity index is 1250. The molecule has 4 N–H and O–H groups in total. The van der Waals surface area contributed by atoms with Crippen LogP contribution in [-0.2, 0) is 24.3 Å². The van der Waals surface area contributed by atoms with Gasteiger partial charge in [0.25, 0.3) is 0 Å². The number of urea groups is 1. The largest absolute Gasteiger partial charge is 0.378 e. The second kappa shape index (κ2) is 10.6. The second-order valence-corrected chi connectivity index (χ2v) is 9.59. The van der Waals surface area contributed by atoms with Crippen LogP contribution < -0.4 is 21.3 Å². The van der Waals surface area contributed by atoms with Crippen molar-refractivity contribution in [2.24, 2.45) is 5.73 Å². The van der Waals surface area contributed by atoms with E-state index in [4.69, 9.17) is 28.9 Å². The van der Waals surface area contributed by atoms with E-state index in [2.05, 4.69) is 10.6 Å². The number of nitrogens with one attached hydrogen (secondary N) is 2. The van der Waals surface area contributed by atoms with Crippen LogP contribution in [0.5, 0.6) is 0 Å². The van der Waals surface area contributed by atoms with Crippen LogP contribution in [0.1, 0.15) is 16.7 Å². The first-order chi connectivity index (χ1) is 16.7. The number of fused-ring (bicyclic) bond motifs is 1. The number of carbonyl (C=O) groups is 2. The number of carbonyl (C=O) groups excluding carboxylic acids is 2. The van der Waals surface area contributed by atoms with Gasteiger partial charge >= 0.3 is 6.03 Å². The van der Waals surface area contributed by atoms with Crippen molar-refractivity contribution in [3.8, 4) is 0 Å². The van der Waals surface area contributed by atoms with Gasteiger partial charge in [-0.1, -0.05) is 35.3 Å². The van der Waals surface area contributed by atoms with Gasteiger partial charge in [-0.05, 0) is 71.6 Å². The monoisotopic (exact) mass is 511 g/mol. The van der Waals surface area contributed by atoms with Crippen LogP contribution in [0, 0.1) is 0 Å². The standard InChI is InChI=1S/C26H27Cl2N5O2/c1-32(2)22-9-7-20(8-10-22)30-26(35)31-21-6-4-17-14-33(15-18(17)11-21)25(34)24(29)12-16-3-5-19(27)13-23(16)28/h3-11,13,24H,12,14-15,29H2,1-2H3,(H2,30,31,35). The lowest BCUT2D eigenvalue weighted by Crippen LogP contribution is -2.42. The quantitative estimate of drug-likeness (QED) is 0.428. The Morgan fingerprint density at radius 2 is 1.60 bits per heavy atom. The average Bonchev–Trinajstić information content (AvgIpc) is 3.24. The van der Waals surface area contributed by atoms with E-state index < -0.39 is 6.04 Å². The number of hydrogen-bond donors (Lipinski definition) is 3. The zero-order valence-electron chi connectivity index (χ0n) is 19.5. The molecular weight excluding hydrogens is 485 g/mol. The van der Waals surface area contributed by atoms with Crippen molar-refractivity contribution in [3.63, 3.8) is 0 Å². The highest BCUT2D eigenvalue weighted by Crippen LogP contribution is 2.28. The minimum atomic E-state index is -0.717. The molecule has 0 spiro atoms. The summed E-state index contributed by atoms with van der Waals surface area (Å²) in [4.78, 5) is 29.1. The average molecular weight is 512 g/mol. The molecule has 0 aromatic heterocycles. The summed E-state index contributed by atoms with van der Waals surface area (Å²) < 4.78 is 0. The van der Waals surface area contributed by atoms with E-state index in [1.165, 1.54) is 0 Å². The zero-order valence-corrected chi connectivity index (χ0v) is 21.0. The van der Waals surface area contributed by atoms with E-state index in [1.807, 2.05) is 61.5 Å². The fourth-order valence-corrected chi connectivity index (χ4v) is 4.50. The third-order valence-corrected chi connectivity index (χ3v) is 6.50. The molecule has 1 unspecified atom stereocenters. The molecule has 1 atom stereocenters. The third-order valence-electron chi connectivity index (χ3n) is 5.91. The highest BCUT2D eigenvalue weighted by atomic mass is 35.5. The number of benzene rings is 3. The third kappa shape index (κ3) is 6.06. The predicted octanol–water partition coefficient (Wildman–Crippen LogP) is 5.12. The molecule has 9 heteroatoms. The van der Waals surface area contributed by atoms with E-state index in [1.54, 1.807) is 23.1 Å². The second-order valence-electron chi connectivity index (χ2n) is 8.74. The summed E-state index contributed by atoms with van der Waals surface area (Å²) in [6, 6.07) is 17.3. The van der Waals surface area contributed by atoms with Crippen LogP contribution in [0.15, 0.2) is 60.7 Å². The van der Waals surface area contributed by atoms with Crippen molar-refractivity contribution in [2.45, 2.75) is 25.6 Å². The molecule has 0 bridgehead atoms. The van der Waals surface area contributed by atoms with E-state index >= 15 is 0 Å². The van der Waals surface area contributed by atoms with Gasteiger partial charge in [0.1, 0.15) is 0 Å². The Kier molecular flexibility index (Phi) is 7.50. The molecule has 1 aliphatic heterocycles. The van der Waals surface area contributed by atoms with Gasteiger partial charge < -0.3 is 26.2 Å². The van der Waals surface area contributed by atoms with Gasteiger partial charge in [0.15, 0.2) is 0 Å². The van der Waals surface area contributed by atoms with Crippen molar-refractivity contribution in [1.29, 1.82) is 0 Å². The maximum atomic E-state index is 13.0. The summed E-state index contributed by atoms with van der Waals surface area (Å²) in [7, 11) is 3.92. The van der Waals surface area contributed by atoms with E-state index in [9.17, 15) is 9.59 Å². The van der Waals surface area contributed by atoms with Gasteiger partial charge in [0, 0.05) is 54.3 Å². The van der Waals surface area contributed by atoms with Gasteiger partial charge in [0.05, 0.1) is 6.04 Å². The molecule has 3 amide bonds. The number of rotatable bonds is 6. The van der Waals surface area contributed by atoms with Crippen molar-refractivity contribution < 1.29 is 9.59 Å². The maximum absolute atomic E-state index is 13.0. The number of amides is 3. The molecule has 7 nitrogen and oxygen atoms in total. The highest BCUT2D eigenvalue weighted by Gasteiger charge is 2.28. The molecule has 1 aliphatic rings. The minimum Gasteiger partial charge on any atom is -0.378 e. The van der Waals surface area contributed by atoms with Gasteiger partial charge in [-0.15, -0.1) is 0 Å². The maximum Gasteiger partial charge on any atom is 0.323 e. The molecule has 0 fully saturated rings. The lowest BCUT2D eigenvalue weighted by molar-refractivity contribution is -0.133.